The number of pyridine rings is 1. The highest BCUT2D eigenvalue weighted by atomic mass is 19.4. The Kier molecular flexibility index (Phi) is 8.58. The number of halogens is 3. The molecule has 1 aromatic heterocycles. The number of rotatable bonds is 10. The fraction of sp³-hybridized carbons (Fsp3) is 0.640. The lowest BCUT2D eigenvalue weighted by Crippen LogP contribution is -2.49. The summed E-state index contributed by atoms with van der Waals surface area (Å²) >= 11 is 0. The number of unbranched alkanes of at least 4 members (excludes halogenated alkanes) is 6. The first-order valence-electron chi connectivity index (χ1n) is 11.8. The van der Waals surface area contributed by atoms with Crippen LogP contribution >= 0.6 is 0 Å². The van der Waals surface area contributed by atoms with Gasteiger partial charge in [0.1, 0.15) is 0 Å². The van der Waals surface area contributed by atoms with E-state index < -0.39 is 11.7 Å². The summed E-state index contributed by atoms with van der Waals surface area (Å²) in [6.07, 6.45) is 7.18. The van der Waals surface area contributed by atoms with Gasteiger partial charge in [-0.25, -0.2) is 0 Å². The van der Waals surface area contributed by atoms with Crippen molar-refractivity contribution in [3.63, 3.8) is 0 Å². The van der Waals surface area contributed by atoms with Gasteiger partial charge in [-0.05, 0) is 49.6 Å². The smallest absolute Gasteiger partial charge is 0.369 e. The van der Waals surface area contributed by atoms with Gasteiger partial charge in [0.25, 0.3) is 0 Å². The van der Waals surface area contributed by atoms with Gasteiger partial charge in [0.15, 0.2) is 0 Å². The molecule has 0 bridgehead atoms. The van der Waals surface area contributed by atoms with Gasteiger partial charge in [-0.15, -0.1) is 0 Å². The van der Waals surface area contributed by atoms with E-state index in [1.807, 2.05) is 0 Å². The minimum absolute atomic E-state index is 0.0401. The number of benzene rings is 1. The maximum atomic E-state index is 13.4. The minimum atomic E-state index is -4.40. The monoisotopic (exact) mass is 435 g/mol. The van der Waals surface area contributed by atoms with Crippen LogP contribution in [0.3, 0.4) is 0 Å². The molecule has 0 radical (unpaired) electrons. The molecule has 1 aliphatic rings. The molecule has 31 heavy (non-hydrogen) atoms. The number of alkyl halides is 3. The van der Waals surface area contributed by atoms with Gasteiger partial charge in [-0.2, -0.15) is 13.2 Å². The van der Waals surface area contributed by atoms with E-state index in [9.17, 15) is 13.2 Å². The van der Waals surface area contributed by atoms with Crippen molar-refractivity contribution in [3.8, 4) is 0 Å². The van der Waals surface area contributed by atoms with Crippen LogP contribution < -0.4 is 10.2 Å². The zero-order valence-electron chi connectivity index (χ0n) is 18.8. The van der Waals surface area contributed by atoms with Crippen LogP contribution in [-0.2, 0) is 6.18 Å². The Morgan fingerprint density at radius 1 is 1.03 bits per heavy atom. The average Bonchev–Trinajstić information content (AvgIpc) is 2.73. The van der Waals surface area contributed by atoms with Gasteiger partial charge in [0, 0.05) is 36.4 Å². The first-order chi connectivity index (χ1) is 14.9. The lowest BCUT2D eigenvalue weighted by molar-refractivity contribution is -0.136. The van der Waals surface area contributed by atoms with Crippen LogP contribution in [0.1, 0.15) is 70.8 Å². The molecule has 0 aliphatic carbocycles. The molecule has 1 aromatic carbocycles. The minimum Gasteiger partial charge on any atom is -0.369 e. The molecule has 2 heterocycles. The molecule has 6 heteroatoms. The SMILES string of the molecule is CCCCCCCCCN[C@@H]1C[C@H](C)CN(c2ccc(C(F)(F)F)c3ncccc23)C1. The molecule has 1 fully saturated rings. The van der Waals surface area contributed by atoms with Crippen LogP contribution in [0.4, 0.5) is 18.9 Å². The summed E-state index contributed by atoms with van der Waals surface area (Å²) in [5.41, 5.74) is 0.231. The third-order valence-electron chi connectivity index (χ3n) is 6.27. The lowest BCUT2D eigenvalue weighted by atomic mass is 9.94. The quantitative estimate of drug-likeness (QED) is 0.416. The molecule has 3 nitrogen and oxygen atoms in total. The summed E-state index contributed by atoms with van der Waals surface area (Å²) in [5.74, 6) is 0.481. The molecule has 0 saturated carbocycles. The van der Waals surface area contributed by atoms with Gasteiger partial charge < -0.3 is 10.2 Å². The summed E-state index contributed by atoms with van der Waals surface area (Å²) in [7, 11) is 0. The number of hydrogen-bond donors (Lipinski definition) is 1. The second-order valence-electron chi connectivity index (χ2n) is 9.05. The van der Waals surface area contributed by atoms with E-state index in [4.69, 9.17) is 0 Å². The van der Waals surface area contributed by atoms with E-state index in [0.717, 1.165) is 31.7 Å². The van der Waals surface area contributed by atoms with Crippen LogP contribution in [0.15, 0.2) is 30.5 Å². The van der Waals surface area contributed by atoms with E-state index in [0.29, 0.717) is 17.3 Å². The summed E-state index contributed by atoms with van der Waals surface area (Å²) in [6, 6.07) is 6.64. The highest BCUT2D eigenvalue weighted by Gasteiger charge is 2.34. The number of fused-ring (bicyclic) bond motifs is 1. The van der Waals surface area contributed by atoms with Crippen LogP contribution in [0, 0.1) is 5.92 Å². The normalized spacial score (nSPS) is 19.8. The number of nitrogens with one attached hydrogen (secondary N) is 1. The van der Waals surface area contributed by atoms with E-state index in [1.54, 1.807) is 18.2 Å². The van der Waals surface area contributed by atoms with Crippen molar-refractivity contribution in [3.05, 3.63) is 36.0 Å². The Morgan fingerprint density at radius 3 is 2.52 bits per heavy atom. The molecule has 172 valence electrons. The van der Waals surface area contributed by atoms with Crippen molar-refractivity contribution < 1.29 is 13.2 Å². The average molecular weight is 436 g/mol. The van der Waals surface area contributed by atoms with Gasteiger partial charge in [-0.1, -0.05) is 52.4 Å². The Morgan fingerprint density at radius 2 is 1.77 bits per heavy atom. The van der Waals surface area contributed by atoms with E-state index in [-0.39, 0.29) is 5.52 Å². The zero-order valence-corrected chi connectivity index (χ0v) is 18.8. The second kappa shape index (κ2) is 11.2. The van der Waals surface area contributed by atoms with Crippen LogP contribution in [0.25, 0.3) is 10.9 Å². The standard InChI is InChI=1S/C25H36F3N3/c1-3-4-5-6-7-8-9-14-29-20-16-19(2)17-31(18-20)23-13-12-22(25(26,27)28)24-21(23)11-10-15-30-24/h10-13,15,19-20,29H,3-9,14,16-18H2,1-2H3/t19-,20+/m0/s1. The molecular formula is C25H36F3N3. The number of nitrogens with zero attached hydrogens (tertiary/aromatic N) is 2. The molecule has 1 aliphatic heterocycles. The molecule has 2 aromatic rings. The van der Waals surface area contributed by atoms with Gasteiger partial charge in [0.2, 0.25) is 0 Å². The summed E-state index contributed by atoms with van der Waals surface area (Å²) in [4.78, 5) is 6.31. The molecule has 1 saturated heterocycles. The maximum Gasteiger partial charge on any atom is 0.418 e. The van der Waals surface area contributed by atoms with Crippen molar-refractivity contribution in [2.45, 2.75) is 77.4 Å². The topological polar surface area (TPSA) is 28.2 Å². The number of anilines is 1. The molecule has 3 rings (SSSR count). The molecular weight excluding hydrogens is 399 g/mol. The molecule has 0 spiro atoms. The maximum absolute atomic E-state index is 13.4. The van der Waals surface area contributed by atoms with Crippen molar-refractivity contribution in [1.29, 1.82) is 0 Å². The molecule has 0 unspecified atom stereocenters. The van der Waals surface area contributed by atoms with Crippen LogP contribution in [0.2, 0.25) is 0 Å². The second-order valence-corrected chi connectivity index (χ2v) is 9.05. The van der Waals surface area contributed by atoms with Crippen molar-refractivity contribution >= 4 is 16.6 Å². The molecule has 1 N–H and O–H groups in total. The summed E-state index contributed by atoms with van der Waals surface area (Å²) in [5, 5.41) is 4.28. The van der Waals surface area contributed by atoms with E-state index >= 15 is 0 Å². The Labute approximate surface area is 184 Å². The first-order valence-corrected chi connectivity index (χ1v) is 11.8. The van der Waals surface area contributed by atoms with E-state index in [1.165, 1.54) is 57.2 Å². The largest absolute Gasteiger partial charge is 0.418 e. The van der Waals surface area contributed by atoms with E-state index in [2.05, 4.69) is 29.0 Å². The number of piperidine rings is 1. The van der Waals surface area contributed by atoms with Crippen molar-refractivity contribution in [1.82, 2.24) is 10.3 Å². The zero-order chi connectivity index (χ0) is 22.3. The molecule has 2 atom stereocenters. The third-order valence-corrected chi connectivity index (χ3v) is 6.27. The third kappa shape index (κ3) is 6.58. The van der Waals surface area contributed by atoms with Gasteiger partial charge in [0.05, 0.1) is 11.1 Å². The van der Waals surface area contributed by atoms with Gasteiger partial charge >= 0.3 is 6.18 Å². The summed E-state index contributed by atoms with van der Waals surface area (Å²) in [6.45, 7) is 7.14. The summed E-state index contributed by atoms with van der Waals surface area (Å²) < 4.78 is 40.3. The Bertz CT molecular complexity index is 821. The van der Waals surface area contributed by atoms with Gasteiger partial charge in [-0.3, -0.25) is 4.98 Å². The fourth-order valence-electron chi connectivity index (χ4n) is 4.75. The predicted molar refractivity (Wildman–Crippen MR) is 123 cm³/mol. The Balaban J connectivity index is 1.62. The van der Waals surface area contributed by atoms with Crippen molar-refractivity contribution in [2.75, 3.05) is 24.5 Å². The fourth-order valence-corrected chi connectivity index (χ4v) is 4.75. The number of aromatic nitrogens is 1. The highest BCUT2D eigenvalue weighted by Crippen LogP contribution is 2.38. The molecule has 0 amide bonds. The Hall–Kier alpha value is -1.82. The van der Waals surface area contributed by atoms with Crippen LogP contribution in [0.5, 0.6) is 0 Å². The predicted octanol–water partition coefficient (Wildman–Crippen LogP) is 6.81. The van der Waals surface area contributed by atoms with Crippen LogP contribution in [-0.4, -0.2) is 30.7 Å². The first kappa shape index (κ1) is 23.8. The number of hydrogen-bond acceptors (Lipinski definition) is 3. The van der Waals surface area contributed by atoms with Crippen molar-refractivity contribution in [2.24, 2.45) is 5.92 Å². The highest BCUT2D eigenvalue weighted by molar-refractivity contribution is 5.94. The lowest BCUT2D eigenvalue weighted by Gasteiger charge is -2.39.